The molecule has 0 radical (unpaired) electrons. The molecule has 0 aliphatic carbocycles. The van der Waals surface area contributed by atoms with Crippen LogP contribution in [0, 0.1) is 39.7 Å². The summed E-state index contributed by atoms with van der Waals surface area (Å²) >= 11 is 17.9. The fourth-order valence-corrected chi connectivity index (χ4v) is 2.94. The van der Waals surface area contributed by atoms with Crippen molar-refractivity contribution in [2.24, 2.45) is 0 Å². The number of halogens is 5. The van der Waals surface area contributed by atoms with Crippen molar-refractivity contribution >= 4 is 46.2 Å². The molecule has 0 aliphatic rings. The highest BCUT2D eigenvalue weighted by atomic mass is 35.5. The number of nitro benzene ring substituents is 1. The zero-order valence-electron chi connectivity index (χ0n) is 11.9. The van der Waals surface area contributed by atoms with Crippen LogP contribution >= 0.6 is 34.8 Å². The van der Waals surface area contributed by atoms with E-state index in [4.69, 9.17) is 41.4 Å². The molecule has 0 aromatic heterocycles. The van der Waals surface area contributed by atoms with Gasteiger partial charge >= 0.3 is 0 Å². The smallest absolute Gasteiger partial charge is 0.258 e. The molecule has 2 rings (SSSR count). The lowest BCUT2D eigenvalue weighted by molar-refractivity contribution is -0.385. The Bertz CT molecular complexity index is 974. The zero-order chi connectivity index (χ0) is 18.9. The van der Waals surface area contributed by atoms with Crippen LogP contribution in [0.3, 0.4) is 0 Å². The third kappa shape index (κ3) is 3.35. The second kappa shape index (κ2) is 7.20. The first-order valence-electron chi connectivity index (χ1n) is 6.32. The van der Waals surface area contributed by atoms with Crippen LogP contribution < -0.4 is 0 Å². The molecular weight excluding hydrogens is 399 g/mol. The third-order valence-corrected chi connectivity index (χ3v) is 4.56. The minimum Gasteiger partial charge on any atom is -0.258 e. The lowest BCUT2D eigenvalue weighted by Gasteiger charge is -2.13. The third-order valence-electron chi connectivity index (χ3n) is 3.31. The molecule has 0 amide bonds. The predicted octanol–water partition coefficient (Wildman–Crippen LogP) is 5.85. The number of hydrogen-bond acceptors (Lipinski definition) is 3. The number of non-ortho nitro benzene ring substituents is 1. The molecule has 5 nitrogen and oxygen atoms in total. The van der Waals surface area contributed by atoms with Crippen LogP contribution in [0.25, 0.3) is 4.85 Å². The molecule has 0 atom stereocenters. The standard InChI is InChI=1S/C15H4Cl3F2N3O2/c1-22-15-13(17)7(9(5-21)12(16)14(15)18)4-8-10(19)2-6(23(24)25)3-11(8)20/h2-3H,4H2. The average molecular weight is 403 g/mol. The SMILES string of the molecule is [C-]#[N+]c1c(Cl)c(Cl)c(C#N)c(Cc2c(F)cc([N+](=O)[O-])cc2F)c1Cl. The summed E-state index contributed by atoms with van der Waals surface area (Å²) in [5.74, 6) is -2.39. The van der Waals surface area contributed by atoms with Crippen LogP contribution in [0.1, 0.15) is 16.7 Å². The van der Waals surface area contributed by atoms with Gasteiger partial charge in [0.1, 0.15) is 17.7 Å². The van der Waals surface area contributed by atoms with Crippen molar-refractivity contribution in [1.82, 2.24) is 0 Å². The van der Waals surface area contributed by atoms with Crippen LogP contribution in [-0.2, 0) is 6.42 Å². The van der Waals surface area contributed by atoms with E-state index >= 15 is 0 Å². The van der Waals surface area contributed by atoms with Crippen molar-refractivity contribution in [1.29, 1.82) is 5.26 Å². The second-order valence-electron chi connectivity index (χ2n) is 4.69. The Morgan fingerprint density at radius 3 is 2.16 bits per heavy atom. The summed E-state index contributed by atoms with van der Waals surface area (Å²) in [6.45, 7) is 7.08. The Hall–Kier alpha value is -2.45. The van der Waals surface area contributed by atoms with Gasteiger partial charge in [-0.25, -0.2) is 13.6 Å². The number of nitrogens with zero attached hydrogens (tertiary/aromatic N) is 3. The van der Waals surface area contributed by atoms with Crippen LogP contribution in [0.5, 0.6) is 0 Å². The Kier molecular flexibility index (Phi) is 5.44. The van der Waals surface area contributed by atoms with E-state index in [0.29, 0.717) is 12.1 Å². The molecule has 10 heteroatoms. The molecule has 0 spiro atoms. The summed E-state index contributed by atoms with van der Waals surface area (Å²) in [7, 11) is 0. The maximum absolute atomic E-state index is 14.1. The highest BCUT2D eigenvalue weighted by Gasteiger charge is 2.24. The lowest BCUT2D eigenvalue weighted by atomic mass is 9.98. The molecule has 0 N–H and O–H groups in total. The Labute approximate surface area is 154 Å². The van der Waals surface area contributed by atoms with Crippen molar-refractivity contribution in [3.8, 4) is 6.07 Å². The van der Waals surface area contributed by atoms with E-state index in [0.717, 1.165) is 0 Å². The van der Waals surface area contributed by atoms with Gasteiger partial charge in [-0.1, -0.05) is 34.8 Å². The van der Waals surface area contributed by atoms with Crippen molar-refractivity contribution in [2.75, 3.05) is 0 Å². The summed E-state index contributed by atoms with van der Waals surface area (Å²) in [4.78, 5) is 12.8. The fraction of sp³-hybridized carbons (Fsp3) is 0.0667. The van der Waals surface area contributed by atoms with E-state index in [2.05, 4.69) is 4.85 Å². The first kappa shape index (κ1) is 18.9. The van der Waals surface area contributed by atoms with E-state index in [1.54, 1.807) is 6.07 Å². The summed E-state index contributed by atoms with van der Waals surface area (Å²) < 4.78 is 28.2. The summed E-state index contributed by atoms with van der Waals surface area (Å²) in [5, 5.41) is 19.1. The second-order valence-corrected chi connectivity index (χ2v) is 5.82. The van der Waals surface area contributed by atoms with Gasteiger partial charge in [0.25, 0.3) is 5.69 Å². The number of hydrogen-bond donors (Lipinski definition) is 0. The number of rotatable bonds is 3. The molecule has 0 heterocycles. The van der Waals surface area contributed by atoms with Crippen LogP contribution in [0.15, 0.2) is 12.1 Å². The molecular formula is C15H4Cl3F2N3O2. The Morgan fingerprint density at radius 1 is 1.16 bits per heavy atom. The highest BCUT2D eigenvalue weighted by molar-refractivity contribution is 6.47. The van der Waals surface area contributed by atoms with Gasteiger partial charge in [-0.15, -0.1) is 0 Å². The maximum Gasteiger partial charge on any atom is 0.275 e. The molecule has 2 aromatic carbocycles. The van der Waals surface area contributed by atoms with E-state index < -0.39 is 34.2 Å². The largest absolute Gasteiger partial charge is 0.275 e. The predicted molar refractivity (Wildman–Crippen MR) is 88.3 cm³/mol. The van der Waals surface area contributed by atoms with Gasteiger partial charge in [0.2, 0.25) is 5.69 Å². The quantitative estimate of drug-likeness (QED) is 0.280. The fourth-order valence-electron chi connectivity index (χ4n) is 2.12. The Balaban J connectivity index is 2.71. The number of nitro groups is 1. The molecule has 0 unspecified atom stereocenters. The van der Waals surface area contributed by atoms with Crippen molar-refractivity contribution < 1.29 is 13.7 Å². The van der Waals surface area contributed by atoms with Gasteiger partial charge in [0, 0.05) is 12.0 Å². The highest BCUT2D eigenvalue weighted by Crippen LogP contribution is 2.44. The molecule has 126 valence electrons. The lowest BCUT2D eigenvalue weighted by Crippen LogP contribution is -2.03. The number of nitriles is 1. The van der Waals surface area contributed by atoms with E-state index in [1.807, 2.05) is 0 Å². The van der Waals surface area contributed by atoms with Crippen LogP contribution in [0.4, 0.5) is 20.2 Å². The molecule has 0 saturated carbocycles. The first-order valence-corrected chi connectivity index (χ1v) is 7.45. The van der Waals surface area contributed by atoms with Crippen molar-refractivity contribution in [2.45, 2.75) is 6.42 Å². The van der Waals surface area contributed by atoms with Gasteiger partial charge in [-0.2, -0.15) is 5.26 Å². The van der Waals surface area contributed by atoms with Gasteiger partial charge in [0.05, 0.1) is 44.3 Å². The maximum atomic E-state index is 14.1. The minimum atomic E-state index is -1.19. The average Bonchev–Trinajstić information content (AvgIpc) is 2.55. The van der Waals surface area contributed by atoms with E-state index in [9.17, 15) is 24.2 Å². The molecule has 0 bridgehead atoms. The molecule has 25 heavy (non-hydrogen) atoms. The van der Waals surface area contributed by atoms with Gasteiger partial charge in [-0.3, -0.25) is 10.1 Å². The van der Waals surface area contributed by atoms with Crippen LogP contribution in [0.2, 0.25) is 15.1 Å². The van der Waals surface area contributed by atoms with Crippen molar-refractivity contribution in [3.05, 3.63) is 77.1 Å². The van der Waals surface area contributed by atoms with Crippen molar-refractivity contribution in [3.63, 3.8) is 0 Å². The summed E-state index contributed by atoms with van der Waals surface area (Å²) in [6, 6.07) is 2.82. The first-order chi connectivity index (χ1) is 11.7. The van der Waals surface area contributed by atoms with E-state index in [-0.39, 0.29) is 31.9 Å². The minimum absolute atomic E-state index is 0.101. The molecule has 0 saturated heterocycles. The zero-order valence-corrected chi connectivity index (χ0v) is 14.2. The summed E-state index contributed by atoms with van der Waals surface area (Å²) in [6.07, 6.45) is -0.545. The van der Waals surface area contributed by atoms with E-state index in [1.165, 1.54) is 0 Å². The number of benzene rings is 2. The molecule has 0 aliphatic heterocycles. The molecule has 0 fully saturated rings. The van der Waals surface area contributed by atoms with Gasteiger partial charge in [0.15, 0.2) is 0 Å². The summed E-state index contributed by atoms with van der Waals surface area (Å²) in [5.41, 5.74) is -1.91. The van der Waals surface area contributed by atoms with Gasteiger partial charge in [-0.05, 0) is 5.56 Å². The topological polar surface area (TPSA) is 71.3 Å². The monoisotopic (exact) mass is 401 g/mol. The normalized spacial score (nSPS) is 10.2. The Morgan fingerprint density at radius 2 is 1.72 bits per heavy atom. The molecule has 2 aromatic rings. The van der Waals surface area contributed by atoms with Gasteiger partial charge < -0.3 is 0 Å². The van der Waals surface area contributed by atoms with Crippen LogP contribution in [-0.4, -0.2) is 4.92 Å².